The smallest absolute Gasteiger partial charge is 0.255 e. The third kappa shape index (κ3) is 3.14. The molecule has 0 fully saturated rings. The van der Waals surface area contributed by atoms with Crippen LogP contribution in [0.25, 0.3) is 0 Å². The summed E-state index contributed by atoms with van der Waals surface area (Å²) in [6.45, 7) is 1.79. The molecule has 0 spiro atoms. The van der Waals surface area contributed by atoms with E-state index in [1.54, 1.807) is 38.2 Å². The van der Waals surface area contributed by atoms with Crippen molar-refractivity contribution in [2.45, 2.75) is 6.92 Å². The molecule has 1 aromatic carbocycles. The van der Waals surface area contributed by atoms with Crippen LogP contribution in [0.2, 0.25) is 0 Å². The minimum Gasteiger partial charge on any atom is -0.373 e. The molecule has 0 bridgehead atoms. The number of hydrogen-bond donors (Lipinski definition) is 2. The molecule has 2 N–H and O–H groups in total. The van der Waals surface area contributed by atoms with Gasteiger partial charge in [-0.25, -0.2) is 9.37 Å². The Morgan fingerprint density at radius 1 is 1.35 bits per heavy atom. The Morgan fingerprint density at radius 3 is 2.75 bits per heavy atom. The number of para-hydroxylation sites is 1. The zero-order chi connectivity index (χ0) is 14.7. The second-order valence-corrected chi connectivity index (χ2v) is 5.04. The number of nitrogens with zero attached hydrogens (tertiary/aromatic N) is 1. The molecule has 1 heterocycles. The van der Waals surface area contributed by atoms with Gasteiger partial charge >= 0.3 is 0 Å². The van der Waals surface area contributed by atoms with E-state index in [1.165, 1.54) is 6.07 Å². The maximum Gasteiger partial charge on any atom is 0.255 e. The summed E-state index contributed by atoms with van der Waals surface area (Å²) in [5.41, 5.74) is 1.24. The highest BCUT2D eigenvalue weighted by molar-refractivity contribution is 9.10. The number of amides is 1. The van der Waals surface area contributed by atoms with E-state index in [-0.39, 0.29) is 5.69 Å². The lowest BCUT2D eigenvalue weighted by molar-refractivity contribution is 0.102. The molecule has 1 aromatic heterocycles. The van der Waals surface area contributed by atoms with Gasteiger partial charge in [0.2, 0.25) is 0 Å². The number of nitrogens with one attached hydrogen (secondary N) is 2. The van der Waals surface area contributed by atoms with Crippen molar-refractivity contribution in [3.63, 3.8) is 0 Å². The molecule has 20 heavy (non-hydrogen) atoms. The van der Waals surface area contributed by atoms with E-state index in [0.29, 0.717) is 21.5 Å². The van der Waals surface area contributed by atoms with Crippen molar-refractivity contribution in [1.29, 1.82) is 0 Å². The van der Waals surface area contributed by atoms with Crippen molar-refractivity contribution in [3.8, 4) is 0 Å². The van der Waals surface area contributed by atoms with Gasteiger partial charge in [-0.1, -0.05) is 6.07 Å². The number of halogens is 2. The molecule has 0 atom stereocenters. The van der Waals surface area contributed by atoms with Crippen molar-refractivity contribution in [2.24, 2.45) is 0 Å². The standard InChI is InChI=1S/C14H13BrFN3O/c1-8-6-9(7-12(17-2)18-8)14(20)19-13-10(15)4-3-5-11(13)16/h3-7H,1-2H3,(H,17,18)(H,19,20). The van der Waals surface area contributed by atoms with Gasteiger partial charge in [0.05, 0.1) is 5.69 Å². The Hall–Kier alpha value is -1.95. The molecule has 0 saturated carbocycles. The van der Waals surface area contributed by atoms with Gasteiger partial charge in [-0.3, -0.25) is 4.79 Å². The molecule has 0 radical (unpaired) electrons. The number of rotatable bonds is 3. The molecule has 6 heteroatoms. The Labute approximate surface area is 124 Å². The number of pyridine rings is 1. The normalized spacial score (nSPS) is 10.2. The first-order valence-corrected chi connectivity index (χ1v) is 6.72. The summed E-state index contributed by atoms with van der Waals surface area (Å²) >= 11 is 3.21. The highest BCUT2D eigenvalue weighted by Crippen LogP contribution is 2.25. The molecule has 0 aliphatic carbocycles. The highest BCUT2D eigenvalue weighted by Gasteiger charge is 2.13. The van der Waals surface area contributed by atoms with E-state index >= 15 is 0 Å². The number of hydrogen-bond acceptors (Lipinski definition) is 3. The third-order valence-electron chi connectivity index (χ3n) is 2.67. The van der Waals surface area contributed by atoms with Gasteiger partial charge < -0.3 is 10.6 Å². The van der Waals surface area contributed by atoms with Crippen LogP contribution in [0.15, 0.2) is 34.8 Å². The van der Waals surface area contributed by atoms with Crippen LogP contribution in [-0.4, -0.2) is 17.9 Å². The number of aromatic nitrogens is 1. The molecule has 0 saturated heterocycles. The Morgan fingerprint density at radius 2 is 2.10 bits per heavy atom. The zero-order valence-electron chi connectivity index (χ0n) is 11.0. The average Bonchev–Trinajstić information content (AvgIpc) is 2.42. The second kappa shape index (κ2) is 6.00. The van der Waals surface area contributed by atoms with Crippen molar-refractivity contribution in [1.82, 2.24) is 4.98 Å². The van der Waals surface area contributed by atoms with Crippen molar-refractivity contribution >= 4 is 33.3 Å². The number of aryl methyl sites for hydroxylation is 1. The molecule has 1 amide bonds. The van der Waals surface area contributed by atoms with Crippen LogP contribution in [0.3, 0.4) is 0 Å². The first-order chi connectivity index (χ1) is 9.51. The van der Waals surface area contributed by atoms with Crippen LogP contribution >= 0.6 is 15.9 Å². The Bertz CT molecular complexity index is 641. The molecule has 0 unspecified atom stereocenters. The quantitative estimate of drug-likeness (QED) is 0.899. The molecule has 2 aromatic rings. The molecular weight excluding hydrogens is 325 g/mol. The van der Waals surface area contributed by atoms with E-state index in [9.17, 15) is 9.18 Å². The summed E-state index contributed by atoms with van der Waals surface area (Å²) in [6, 6.07) is 7.76. The maximum absolute atomic E-state index is 13.7. The fourth-order valence-electron chi connectivity index (χ4n) is 1.73. The molecule has 104 valence electrons. The SMILES string of the molecule is CNc1cc(C(=O)Nc2c(F)cccc2Br)cc(C)n1. The van der Waals surface area contributed by atoms with Gasteiger partial charge in [0.25, 0.3) is 5.91 Å². The number of benzene rings is 1. The monoisotopic (exact) mass is 337 g/mol. The van der Waals surface area contributed by atoms with E-state index in [1.807, 2.05) is 0 Å². The fourth-order valence-corrected chi connectivity index (χ4v) is 2.17. The zero-order valence-corrected chi connectivity index (χ0v) is 12.6. The molecular formula is C14H13BrFN3O. The molecule has 0 aliphatic rings. The summed E-state index contributed by atoms with van der Waals surface area (Å²) in [6.07, 6.45) is 0. The van der Waals surface area contributed by atoms with Crippen LogP contribution < -0.4 is 10.6 Å². The van der Waals surface area contributed by atoms with Crippen LogP contribution in [0, 0.1) is 12.7 Å². The van der Waals surface area contributed by atoms with E-state index < -0.39 is 11.7 Å². The van der Waals surface area contributed by atoms with Crippen LogP contribution in [0.5, 0.6) is 0 Å². The van der Waals surface area contributed by atoms with Gasteiger partial charge in [0, 0.05) is 22.8 Å². The van der Waals surface area contributed by atoms with Crippen LogP contribution in [0.4, 0.5) is 15.9 Å². The summed E-state index contributed by atoms with van der Waals surface area (Å²) in [5.74, 6) is -0.298. The van der Waals surface area contributed by atoms with Crippen molar-refractivity contribution in [2.75, 3.05) is 17.7 Å². The van der Waals surface area contributed by atoms with Gasteiger partial charge in [0.1, 0.15) is 11.6 Å². The molecule has 4 nitrogen and oxygen atoms in total. The van der Waals surface area contributed by atoms with Gasteiger partial charge in [-0.2, -0.15) is 0 Å². The topological polar surface area (TPSA) is 54.0 Å². The second-order valence-electron chi connectivity index (χ2n) is 4.18. The largest absolute Gasteiger partial charge is 0.373 e. The minimum absolute atomic E-state index is 0.123. The molecule has 0 aliphatic heterocycles. The Kier molecular flexibility index (Phi) is 4.34. The third-order valence-corrected chi connectivity index (χ3v) is 3.33. The average molecular weight is 338 g/mol. The van der Waals surface area contributed by atoms with Crippen LogP contribution in [-0.2, 0) is 0 Å². The van der Waals surface area contributed by atoms with Crippen LogP contribution in [0.1, 0.15) is 16.1 Å². The van der Waals surface area contributed by atoms with E-state index in [2.05, 4.69) is 31.5 Å². The Balaban J connectivity index is 2.31. The number of anilines is 2. The number of carbonyl (C=O) groups excluding carboxylic acids is 1. The van der Waals surface area contributed by atoms with E-state index in [0.717, 1.165) is 0 Å². The van der Waals surface area contributed by atoms with Gasteiger partial charge in [-0.05, 0) is 47.1 Å². The van der Waals surface area contributed by atoms with E-state index in [4.69, 9.17) is 0 Å². The van der Waals surface area contributed by atoms with Gasteiger partial charge in [-0.15, -0.1) is 0 Å². The maximum atomic E-state index is 13.7. The van der Waals surface area contributed by atoms with Crippen molar-refractivity contribution < 1.29 is 9.18 Å². The fraction of sp³-hybridized carbons (Fsp3) is 0.143. The highest BCUT2D eigenvalue weighted by atomic mass is 79.9. The van der Waals surface area contributed by atoms with Crippen molar-refractivity contribution in [3.05, 3.63) is 51.9 Å². The summed E-state index contributed by atoms with van der Waals surface area (Å²) in [4.78, 5) is 16.4. The summed E-state index contributed by atoms with van der Waals surface area (Å²) < 4.78 is 14.2. The first kappa shape index (κ1) is 14.5. The summed E-state index contributed by atoms with van der Waals surface area (Å²) in [5, 5.41) is 5.43. The predicted octanol–water partition coefficient (Wildman–Crippen LogP) is 3.59. The van der Waals surface area contributed by atoms with Gasteiger partial charge in [0.15, 0.2) is 0 Å². The minimum atomic E-state index is -0.493. The first-order valence-electron chi connectivity index (χ1n) is 5.93. The number of carbonyl (C=O) groups is 1. The lowest BCUT2D eigenvalue weighted by atomic mass is 10.2. The summed E-state index contributed by atoms with van der Waals surface area (Å²) in [7, 11) is 1.72. The lowest BCUT2D eigenvalue weighted by Gasteiger charge is -2.10. The predicted molar refractivity (Wildman–Crippen MR) is 80.6 cm³/mol. The lowest BCUT2D eigenvalue weighted by Crippen LogP contribution is -2.14. The molecule has 2 rings (SSSR count).